The third-order valence-electron chi connectivity index (χ3n) is 5.53. The number of benzene rings is 2. The van der Waals surface area contributed by atoms with E-state index < -0.39 is 0 Å². The zero-order valence-corrected chi connectivity index (χ0v) is 18.2. The Balaban J connectivity index is 2.00. The molecule has 0 aliphatic carbocycles. The molecule has 5 heteroatoms. The standard InChI is InChI=1S/C24H28N2O3/c1-15-10-17(23(27)29-7)8-9-20(15)25-14-18-11-19-16(2)13-24(3,4)26(5)21(19)12-22(18)28-6/h8-14H,1-7H3. The second-order valence-electron chi connectivity index (χ2n) is 7.90. The molecule has 2 aromatic rings. The molecule has 0 radical (unpaired) electrons. The van der Waals surface area contributed by atoms with Crippen molar-refractivity contribution in [3.05, 3.63) is 58.7 Å². The van der Waals surface area contributed by atoms with Gasteiger partial charge in [-0.2, -0.15) is 0 Å². The van der Waals surface area contributed by atoms with Crippen LogP contribution in [0.15, 0.2) is 41.4 Å². The summed E-state index contributed by atoms with van der Waals surface area (Å²) >= 11 is 0. The SMILES string of the molecule is COC(=O)c1ccc(N=Cc2cc3c(cc2OC)N(C)C(C)(C)C=C3C)c(C)c1. The summed E-state index contributed by atoms with van der Waals surface area (Å²) in [6.45, 7) is 8.45. The highest BCUT2D eigenvalue weighted by atomic mass is 16.5. The maximum absolute atomic E-state index is 11.7. The summed E-state index contributed by atoms with van der Waals surface area (Å²) in [5.41, 5.74) is 6.61. The molecule has 0 bridgehead atoms. The van der Waals surface area contributed by atoms with E-state index in [4.69, 9.17) is 9.47 Å². The topological polar surface area (TPSA) is 51.1 Å². The normalized spacial score (nSPS) is 15.1. The van der Waals surface area contributed by atoms with Crippen molar-refractivity contribution in [2.45, 2.75) is 33.2 Å². The molecule has 0 aromatic heterocycles. The molecule has 29 heavy (non-hydrogen) atoms. The van der Waals surface area contributed by atoms with Crippen molar-refractivity contribution in [1.82, 2.24) is 0 Å². The molecule has 5 nitrogen and oxygen atoms in total. The molecule has 1 aliphatic heterocycles. The summed E-state index contributed by atoms with van der Waals surface area (Å²) in [5, 5.41) is 0. The van der Waals surface area contributed by atoms with Gasteiger partial charge in [-0.3, -0.25) is 4.99 Å². The fraction of sp³-hybridized carbons (Fsp3) is 0.333. The first kappa shape index (κ1) is 20.6. The Morgan fingerprint density at radius 2 is 1.86 bits per heavy atom. The van der Waals surface area contributed by atoms with Crippen LogP contribution >= 0.6 is 0 Å². The monoisotopic (exact) mass is 392 g/mol. The molecule has 0 saturated heterocycles. The number of anilines is 1. The predicted molar refractivity (Wildman–Crippen MR) is 119 cm³/mol. The van der Waals surface area contributed by atoms with Crippen LogP contribution < -0.4 is 9.64 Å². The summed E-state index contributed by atoms with van der Waals surface area (Å²) in [6, 6.07) is 9.52. The van der Waals surface area contributed by atoms with Crippen molar-refractivity contribution in [2.75, 3.05) is 26.2 Å². The van der Waals surface area contributed by atoms with E-state index in [0.29, 0.717) is 5.56 Å². The first-order valence-corrected chi connectivity index (χ1v) is 9.56. The molecular weight excluding hydrogens is 364 g/mol. The molecule has 3 rings (SSSR count). The number of methoxy groups -OCH3 is 2. The van der Waals surface area contributed by atoms with Gasteiger partial charge in [-0.25, -0.2) is 4.79 Å². The Morgan fingerprint density at radius 1 is 1.14 bits per heavy atom. The Labute approximate surface area is 172 Å². The molecule has 0 spiro atoms. The summed E-state index contributed by atoms with van der Waals surface area (Å²) in [4.78, 5) is 18.6. The molecular formula is C24H28N2O3. The van der Waals surface area contributed by atoms with Crippen LogP contribution in [0.1, 0.15) is 47.8 Å². The molecule has 152 valence electrons. The van der Waals surface area contributed by atoms with E-state index in [1.807, 2.05) is 19.2 Å². The summed E-state index contributed by atoms with van der Waals surface area (Å²) in [7, 11) is 5.15. The van der Waals surface area contributed by atoms with Crippen LogP contribution in [0.25, 0.3) is 5.57 Å². The van der Waals surface area contributed by atoms with E-state index in [2.05, 4.69) is 55.9 Å². The highest BCUT2D eigenvalue weighted by molar-refractivity contribution is 5.93. The molecule has 0 amide bonds. The molecule has 0 unspecified atom stereocenters. The summed E-state index contributed by atoms with van der Waals surface area (Å²) < 4.78 is 10.4. The van der Waals surface area contributed by atoms with E-state index in [0.717, 1.165) is 28.3 Å². The quantitative estimate of drug-likeness (QED) is 0.532. The lowest BCUT2D eigenvalue weighted by molar-refractivity contribution is 0.0600. The maximum atomic E-state index is 11.7. The first-order valence-electron chi connectivity index (χ1n) is 9.56. The van der Waals surface area contributed by atoms with Crippen LogP contribution in [0.3, 0.4) is 0 Å². The number of esters is 1. The third-order valence-corrected chi connectivity index (χ3v) is 5.53. The number of aliphatic imine (C=N–C) groups is 1. The van der Waals surface area contributed by atoms with Gasteiger partial charge in [0.15, 0.2) is 0 Å². The van der Waals surface area contributed by atoms with Crippen LogP contribution in [0.5, 0.6) is 5.75 Å². The Kier molecular flexibility index (Phi) is 5.51. The van der Waals surface area contributed by atoms with Crippen molar-refractivity contribution in [2.24, 2.45) is 4.99 Å². The largest absolute Gasteiger partial charge is 0.496 e. The van der Waals surface area contributed by atoms with Crippen LogP contribution in [0, 0.1) is 6.92 Å². The fourth-order valence-electron chi connectivity index (χ4n) is 3.66. The lowest BCUT2D eigenvalue weighted by atomic mass is 9.88. The number of rotatable bonds is 4. The molecule has 2 aromatic carbocycles. The number of allylic oxidation sites excluding steroid dienone is 1. The van der Waals surface area contributed by atoms with Gasteiger partial charge in [0, 0.05) is 36.1 Å². The maximum Gasteiger partial charge on any atom is 0.337 e. The zero-order valence-electron chi connectivity index (χ0n) is 18.2. The highest BCUT2D eigenvalue weighted by Crippen LogP contribution is 2.41. The number of hydrogen-bond donors (Lipinski definition) is 0. The van der Waals surface area contributed by atoms with E-state index in [-0.39, 0.29) is 11.5 Å². The third kappa shape index (κ3) is 3.90. The number of hydrogen-bond acceptors (Lipinski definition) is 5. The van der Waals surface area contributed by atoms with Crippen molar-refractivity contribution in [1.29, 1.82) is 0 Å². The Morgan fingerprint density at radius 3 is 2.48 bits per heavy atom. The zero-order chi connectivity index (χ0) is 21.3. The minimum Gasteiger partial charge on any atom is -0.496 e. The lowest BCUT2D eigenvalue weighted by Gasteiger charge is -2.40. The van der Waals surface area contributed by atoms with Gasteiger partial charge in [-0.15, -0.1) is 0 Å². The minimum atomic E-state index is -0.353. The van der Waals surface area contributed by atoms with Crippen LogP contribution in [0.4, 0.5) is 11.4 Å². The van der Waals surface area contributed by atoms with Gasteiger partial charge in [0.1, 0.15) is 5.75 Å². The average molecular weight is 392 g/mol. The van der Waals surface area contributed by atoms with Gasteiger partial charge in [-0.1, -0.05) is 6.08 Å². The molecule has 0 atom stereocenters. The van der Waals surface area contributed by atoms with Gasteiger partial charge in [0.25, 0.3) is 0 Å². The number of ether oxygens (including phenoxy) is 2. The van der Waals surface area contributed by atoms with Gasteiger partial charge < -0.3 is 14.4 Å². The second-order valence-corrected chi connectivity index (χ2v) is 7.90. The molecule has 1 aliphatic rings. The summed E-state index contributed by atoms with van der Waals surface area (Å²) in [6.07, 6.45) is 4.09. The average Bonchev–Trinajstić information content (AvgIpc) is 2.69. The van der Waals surface area contributed by atoms with E-state index >= 15 is 0 Å². The number of nitrogens with zero attached hydrogens (tertiary/aromatic N) is 2. The first-order chi connectivity index (χ1) is 13.7. The molecule has 1 heterocycles. The number of likely N-dealkylation sites (N-methyl/N-ethyl adjacent to an activating group) is 1. The van der Waals surface area contributed by atoms with E-state index in [1.54, 1.807) is 19.2 Å². The van der Waals surface area contributed by atoms with Crippen molar-refractivity contribution in [3.63, 3.8) is 0 Å². The number of fused-ring (bicyclic) bond motifs is 1. The van der Waals surface area contributed by atoms with Gasteiger partial charge in [0.05, 0.1) is 31.0 Å². The van der Waals surface area contributed by atoms with Gasteiger partial charge in [0.2, 0.25) is 0 Å². The molecule has 0 fully saturated rings. The molecule has 0 saturated carbocycles. The minimum absolute atomic E-state index is 0.0593. The highest BCUT2D eigenvalue weighted by Gasteiger charge is 2.29. The second kappa shape index (κ2) is 7.74. The Bertz CT molecular complexity index is 1020. The van der Waals surface area contributed by atoms with Crippen molar-refractivity contribution < 1.29 is 14.3 Å². The van der Waals surface area contributed by atoms with Crippen molar-refractivity contribution in [3.8, 4) is 5.75 Å². The van der Waals surface area contributed by atoms with Crippen LogP contribution in [-0.2, 0) is 4.74 Å². The number of carbonyl (C=O) groups excluding carboxylic acids is 1. The van der Waals surface area contributed by atoms with E-state index in [1.165, 1.54) is 18.2 Å². The number of aryl methyl sites for hydroxylation is 1. The van der Waals surface area contributed by atoms with Crippen LogP contribution in [0.2, 0.25) is 0 Å². The van der Waals surface area contributed by atoms with Crippen LogP contribution in [-0.4, -0.2) is 39.0 Å². The Hall–Kier alpha value is -3.08. The van der Waals surface area contributed by atoms with Gasteiger partial charge >= 0.3 is 5.97 Å². The van der Waals surface area contributed by atoms with Gasteiger partial charge in [-0.05, 0) is 63.1 Å². The van der Waals surface area contributed by atoms with Crippen molar-refractivity contribution >= 4 is 29.1 Å². The number of carbonyl (C=O) groups is 1. The summed E-state index contributed by atoms with van der Waals surface area (Å²) in [5.74, 6) is 0.419. The van der Waals surface area contributed by atoms with E-state index in [9.17, 15) is 4.79 Å². The lowest BCUT2D eigenvalue weighted by Crippen LogP contribution is -2.42. The fourth-order valence-corrected chi connectivity index (χ4v) is 3.66. The smallest absolute Gasteiger partial charge is 0.337 e. The predicted octanol–water partition coefficient (Wildman–Crippen LogP) is 5.17. The molecule has 0 N–H and O–H groups in total.